The van der Waals surface area contributed by atoms with Crippen molar-refractivity contribution in [3.05, 3.63) is 31.8 Å². The maximum Gasteiger partial charge on any atom is 0.255 e. The molecule has 86 valence electrons. The molecule has 16 heavy (non-hydrogen) atoms. The van der Waals surface area contributed by atoms with Gasteiger partial charge in [-0.1, -0.05) is 0 Å². The SMILES string of the molecule is CN(C(=O)c1cc(I)ccc1Br)C1CCC1. The highest BCUT2D eigenvalue weighted by Gasteiger charge is 2.27. The number of hydrogen-bond acceptors (Lipinski definition) is 1. The lowest BCUT2D eigenvalue weighted by Gasteiger charge is -2.35. The van der Waals surface area contributed by atoms with Crippen LogP contribution in [0.25, 0.3) is 0 Å². The van der Waals surface area contributed by atoms with Crippen molar-refractivity contribution in [2.24, 2.45) is 0 Å². The molecule has 0 atom stereocenters. The first-order valence-corrected chi connectivity index (χ1v) is 7.19. The number of amides is 1. The molecule has 1 aliphatic carbocycles. The number of carbonyl (C=O) groups excluding carboxylic acids is 1. The lowest BCUT2D eigenvalue weighted by molar-refractivity contribution is 0.0651. The molecule has 1 aliphatic rings. The van der Waals surface area contributed by atoms with Crippen molar-refractivity contribution in [2.75, 3.05) is 7.05 Å². The fourth-order valence-corrected chi connectivity index (χ4v) is 2.70. The van der Waals surface area contributed by atoms with Crippen molar-refractivity contribution in [3.8, 4) is 0 Å². The Morgan fingerprint density at radius 2 is 2.19 bits per heavy atom. The molecule has 0 spiro atoms. The third-order valence-electron chi connectivity index (χ3n) is 3.10. The van der Waals surface area contributed by atoms with E-state index in [0.29, 0.717) is 6.04 Å². The Kier molecular flexibility index (Phi) is 3.89. The van der Waals surface area contributed by atoms with Crippen molar-refractivity contribution >= 4 is 44.4 Å². The standard InChI is InChI=1S/C12H13BrINO/c1-15(9-3-2-4-9)12(16)10-7-8(14)5-6-11(10)13/h5-7,9H,2-4H2,1H3. The Morgan fingerprint density at radius 1 is 1.50 bits per heavy atom. The molecule has 1 aromatic rings. The van der Waals surface area contributed by atoms with Gasteiger partial charge in [0.05, 0.1) is 5.56 Å². The fourth-order valence-electron chi connectivity index (χ4n) is 1.79. The average molecular weight is 394 g/mol. The zero-order valence-corrected chi connectivity index (χ0v) is 12.8. The Labute approximate surface area is 118 Å². The van der Waals surface area contributed by atoms with E-state index in [-0.39, 0.29) is 5.91 Å². The van der Waals surface area contributed by atoms with Crippen molar-refractivity contribution in [3.63, 3.8) is 0 Å². The molecule has 0 heterocycles. The largest absolute Gasteiger partial charge is 0.339 e. The number of rotatable bonds is 2. The number of halogens is 2. The van der Waals surface area contributed by atoms with Crippen molar-refractivity contribution in [2.45, 2.75) is 25.3 Å². The van der Waals surface area contributed by atoms with Gasteiger partial charge >= 0.3 is 0 Å². The maximum absolute atomic E-state index is 12.2. The monoisotopic (exact) mass is 393 g/mol. The highest BCUT2D eigenvalue weighted by Crippen LogP contribution is 2.27. The maximum atomic E-state index is 12.2. The van der Waals surface area contributed by atoms with Crippen LogP contribution in [0.1, 0.15) is 29.6 Å². The summed E-state index contributed by atoms with van der Waals surface area (Å²) in [5.74, 6) is 0.120. The summed E-state index contributed by atoms with van der Waals surface area (Å²) in [6.07, 6.45) is 3.53. The van der Waals surface area contributed by atoms with Crippen molar-refractivity contribution in [1.82, 2.24) is 4.90 Å². The number of carbonyl (C=O) groups is 1. The van der Waals surface area contributed by atoms with E-state index in [1.54, 1.807) is 0 Å². The van der Waals surface area contributed by atoms with Gasteiger partial charge in [0, 0.05) is 21.1 Å². The quantitative estimate of drug-likeness (QED) is 0.702. The summed E-state index contributed by atoms with van der Waals surface area (Å²) in [6, 6.07) is 6.30. The van der Waals surface area contributed by atoms with Crippen LogP contribution in [0.3, 0.4) is 0 Å². The predicted octanol–water partition coefficient (Wildman–Crippen LogP) is 3.68. The lowest BCUT2D eigenvalue weighted by Crippen LogP contribution is -2.41. The van der Waals surface area contributed by atoms with Gasteiger partial charge in [-0.05, 0) is 76.0 Å². The van der Waals surface area contributed by atoms with Gasteiger partial charge in [0.15, 0.2) is 0 Å². The van der Waals surface area contributed by atoms with E-state index in [2.05, 4.69) is 38.5 Å². The zero-order valence-electron chi connectivity index (χ0n) is 9.04. The van der Waals surface area contributed by atoms with Crippen LogP contribution in [0.4, 0.5) is 0 Å². The summed E-state index contributed by atoms with van der Waals surface area (Å²) in [7, 11) is 1.90. The molecule has 0 aliphatic heterocycles. The Balaban J connectivity index is 2.22. The van der Waals surface area contributed by atoms with Crippen LogP contribution in [-0.2, 0) is 0 Å². The fraction of sp³-hybridized carbons (Fsp3) is 0.417. The van der Waals surface area contributed by atoms with Gasteiger partial charge in [-0.2, -0.15) is 0 Å². The van der Waals surface area contributed by atoms with Crippen LogP contribution in [0.5, 0.6) is 0 Å². The van der Waals surface area contributed by atoms with Crippen molar-refractivity contribution in [1.29, 1.82) is 0 Å². The third kappa shape index (κ3) is 2.42. The molecule has 0 bridgehead atoms. The van der Waals surface area contributed by atoms with Crippen LogP contribution < -0.4 is 0 Å². The van der Waals surface area contributed by atoms with E-state index in [1.807, 2.05) is 30.1 Å². The molecule has 0 aromatic heterocycles. The highest BCUT2D eigenvalue weighted by molar-refractivity contribution is 14.1. The number of benzene rings is 1. The molecule has 1 fully saturated rings. The van der Waals surface area contributed by atoms with Gasteiger partial charge in [-0.15, -0.1) is 0 Å². The summed E-state index contributed by atoms with van der Waals surface area (Å²) in [6.45, 7) is 0. The van der Waals surface area contributed by atoms with E-state index < -0.39 is 0 Å². The molecule has 0 saturated heterocycles. The van der Waals surface area contributed by atoms with E-state index in [9.17, 15) is 4.79 Å². The molecular formula is C12H13BrINO. The smallest absolute Gasteiger partial charge is 0.255 e. The van der Waals surface area contributed by atoms with E-state index >= 15 is 0 Å². The van der Waals surface area contributed by atoms with Crippen LogP contribution in [0.2, 0.25) is 0 Å². The summed E-state index contributed by atoms with van der Waals surface area (Å²) in [4.78, 5) is 14.1. The van der Waals surface area contributed by atoms with Crippen LogP contribution in [0.15, 0.2) is 22.7 Å². The molecule has 4 heteroatoms. The number of hydrogen-bond donors (Lipinski definition) is 0. The molecule has 0 N–H and O–H groups in total. The highest BCUT2D eigenvalue weighted by atomic mass is 127. The minimum atomic E-state index is 0.120. The Hall–Kier alpha value is -0.100. The minimum absolute atomic E-state index is 0.120. The zero-order chi connectivity index (χ0) is 11.7. The van der Waals surface area contributed by atoms with Crippen LogP contribution in [-0.4, -0.2) is 23.9 Å². The predicted molar refractivity (Wildman–Crippen MR) is 76.6 cm³/mol. The summed E-state index contributed by atoms with van der Waals surface area (Å²) in [5, 5.41) is 0. The summed E-state index contributed by atoms with van der Waals surface area (Å²) < 4.78 is 1.97. The van der Waals surface area contributed by atoms with Crippen molar-refractivity contribution < 1.29 is 4.79 Å². The molecule has 2 rings (SSSR count). The average Bonchev–Trinajstić information content (AvgIpc) is 2.18. The first-order chi connectivity index (χ1) is 7.59. The number of nitrogens with zero attached hydrogens (tertiary/aromatic N) is 1. The van der Waals surface area contributed by atoms with Gasteiger partial charge in [0.25, 0.3) is 5.91 Å². The summed E-state index contributed by atoms with van der Waals surface area (Å²) in [5.41, 5.74) is 0.765. The Morgan fingerprint density at radius 3 is 2.75 bits per heavy atom. The molecule has 1 amide bonds. The molecule has 1 saturated carbocycles. The van der Waals surface area contributed by atoms with Gasteiger partial charge in [0.2, 0.25) is 0 Å². The topological polar surface area (TPSA) is 20.3 Å². The van der Waals surface area contributed by atoms with Gasteiger partial charge in [0.1, 0.15) is 0 Å². The van der Waals surface area contributed by atoms with Gasteiger partial charge < -0.3 is 4.90 Å². The molecular weight excluding hydrogens is 381 g/mol. The lowest BCUT2D eigenvalue weighted by atomic mass is 9.91. The van der Waals surface area contributed by atoms with Crippen LogP contribution in [0, 0.1) is 3.57 Å². The second-order valence-electron chi connectivity index (χ2n) is 4.12. The molecule has 1 aromatic carbocycles. The summed E-state index contributed by atoms with van der Waals surface area (Å²) >= 11 is 5.67. The van der Waals surface area contributed by atoms with E-state index in [4.69, 9.17) is 0 Å². The molecule has 2 nitrogen and oxygen atoms in total. The van der Waals surface area contributed by atoms with Gasteiger partial charge in [-0.3, -0.25) is 4.79 Å². The Bertz CT molecular complexity index is 417. The molecule has 0 radical (unpaired) electrons. The second-order valence-corrected chi connectivity index (χ2v) is 6.22. The van der Waals surface area contributed by atoms with E-state index in [1.165, 1.54) is 6.42 Å². The van der Waals surface area contributed by atoms with Gasteiger partial charge in [-0.25, -0.2) is 0 Å². The normalized spacial score (nSPS) is 15.7. The first kappa shape index (κ1) is 12.4. The third-order valence-corrected chi connectivity index (χ3v) is 4.46. The minimum Gasteiger partial charge on any atom is -0.339 e. The van der Waals surface area contributed by atoms with E-state index in [0.717, 1.165) is 26.4 Å². The second kappa shape index (κ2) is 5.04. The van der Waals surface area contributed by atoms with Crippen LogP contribution >= 0.6 is 38.5 Å². The first-order valence-electron chi connectivity index (χ1n) is 5.32. The molecule has 0 unspecified atom stereocenters.